The van der Waals surface area contributed by atoms with Crippen LogP contribution in [0, 0.1) is 0 Å². The number of halogens is 3. The lowest BCUT2D eigenvalue weighted by Crippen LogP contribution is -2.49. The molecule has 3 aromatic rings. The number of hydrogen-bond donors (Lipinski definition) is 2. The number of likely N-dealkylation sites (N-methyl/N-ethyl adjacent to an activating group) is 1. The van der Waals surface area contributed by atoms with Crippen LogP contribution in [0.1, 0.15) is 19.3 Å². The molecule has 1 fully saturated rings. The number of aromatic nitrogens is 3. The number of fused-ring (bicyclic) bond motifs is 3. The molecule has 6 nitrogen and oxygen atoms in total. The number of H-pyrrole nitrogens is 2. The van der Waals surface area contributed by atoms with Crippen LogP contribution < -0.4 is 4.90 Å². The Hall–Kier alpha value is -2.71. The van der Waals surface area contributed by atoms with Gasteiger partial charge < -0.3 is 19.8 Å². The first-order chi connectivity index (χ1) is 12.8. The fraction of sp³-hybridized carbons (Fsp3) is 0.444. The molecule has 0 aliphatic carbocycles. The minimum absolute atomic E-state index is 0.252. The van der Waals surface area contributed by atoms with Gasteiger partial charge in [-0.3, -0.25) is 4.79 Å². The molecule has 4 heterocycles. The molecular weight excluding hydrogens is 359 g/mol. The molecule has 2 N–H and O–H groups in total. The number of pyridine rings is 1. The predicted molar refractivity (Wildman–Crippen MR) is 96.6 cm³/mol. The van der Waals surface area contributed by atoms with Crippen LogP contribution in [0.2, 0.25) is 0 Å². The van der Waals surface area contributed by atoms with Crippen molar-refractivity contribution in [3.63, 3.8) is 0 Å². The highest BCUT2D eigenvalue weighted by Gasteiger charge is 2.35. The maximum atomic E-state index is 12.6. The number of amides is 1. The molecule has 0 aromatic carbocycles. The Morgan fingerprint density at radius 3 is 3.00 bits per heavy atom. The highest BCUT2D eigenvalue weighted by Crippen LogP contribution is 2.34. The SMILES string of the molecule is CN(C(=O)CC(F)(F)F)C1CCCN(c2ccnc3[nH]c4[nH]ccc4c23)C1. The van der Waals surface area contributed by atoms with Crippen molar-refractivity contribution in [1.82, 2.24) is 19.9 Å². The average molecular weight is 379 g/mol. The van der Waals surface area contributed by atoms with E-state index in [-0.39, 0.29) is 6.04 Å². The third-order valence-electron chi connectivity index (χ3n) is 5.22. The van der Waals surface area contributed by atoms with Gasteiger partial charge in [-0.1, -0.05) is 0 Å². The number of piperidine rings is 1. The summed E-state index contributed by atoms with van der Waals surface area (Å²) in [5, 5.41) is 2.01. The second kappa shape index (κ2) is 6.47. The largest absolute Gasteiger partial charge is 0.397 e. The van der Waals surface area contributed by atoms with Gasteiger partial charge >= 0.3 is 6.18 Å². The van der Waals surface area contributed by atoms with Gasteiger partial charge in [0.1, 0.15) is 17.7 Å². The van der Waals surface area contributed by atoms with Gasteiger partial charge in [0.15, 0.2) is 0 Å². The minimum atomic E-state index is -4.48. The molecule has 1 aliphatic heterocycles. The van der Waals surface area contributed by atoms with Crippen molar-refractivity contribution in [1.29, 1.82) is 0 Å². The zero-order chi connectivity index (χ0) is 19.2. The number of carbonyl (C=O) groups is 1. The number of anilines is 1. The van der Waals surface area contributed by atoms with Gasteiger partial charge in [0, 0.05) is 44.0 Å². The zero-order valence-corrected chi connectivity index (χ0v) is 14.8. The zero-order valence-electron chi connectivity index (χ0n) is 14.8. The van der Waals surface area contributed by atoms with Gasteiger partial charge in [-0.05, 0) is 25.0 Å². The highest BCUT2D eigenvalue weighted by molar-refractivity contribution is 6.11. The van der Waals surface area contributed by atoms with Gasteiger partial charge in [0.25, 0.3) is 0 Å². The molecule has 1 atom stereocenters. The van der Waals surface area contributed by atoms with Gasteiger partial charge in [-0.15, -0.1) is 0 Å². The van der Waals surface area contributed by atoms with Crippen molar-refractivity contribution >= 4 is 33.7 Å². The van der Waals surface area contributed by atoms with Crippen molar-refractivity contribution < 1.29 is 18.0 Å². The molecule has 4 rings (SSSR count). The monoisotopic (exact) mass is 379 g/mol. The van der Waals surface area contributed by atoms with Crippen LogP contribution in [-0.4, -0.2) is 58.1 Å². The van der Waals surface area contributed by atoms with Gasteiger partial charge in [-0.2, -0.15) is 13.2 Å². The van der Waals surface area contributed by atoms with Crippen LogP contribution in [0.3, 0.4) is 0 Å². The third kappa shape index (κ3) is 3.33. The Balaban J connectivity index is 1.60. The first kappa shape index (κ1) is 17.7. The highest BCUT2D eigenvalue weighted by atomic mass is 19.4. The quantitative estimate of drug-likeness (QED) is 0.733. The van der Waals surface area contributed by atoms with Crippen LogP contribution in [0.5, 0.6) is 0 Å². The molecule has 27 heavy (non-hydrogen) atoms. The molecule has 1 aliphatic rings. The van der Waals surface area contributed by atoms with Gasteiger partial charge in [0.2, 0.25) is 5.91 Å². The molecule has 3 aromatic heterocycles. The number of rotatable bonds is 3. The number of alkyl halides is 3. The van der Waals surface area contributed by atoms with Gasteiger partial charge in [-0.25, -0.2) is 4.98 Å². The molecular formula is C18H20F3N5O. The Bertz CT molecular complexity index is 976. The van der Waals surface area contributed by atoms with E-state index in [0.717, 1.165) is 40.7 Å². The fourth-order valence-corrected chi connectivity index (χ4v) is 3.86. The average Bonchev–Trinajstić information content (AvgIpc) is 3.20. The second-order valence-corrected chi connectivity index (χ2v) is 6.98. The molecule has 1 amide bonds. The molecule has 1 unspecified atom stereocenters. The van der Waals surface area contributed by atoms with Crippen LogP contribution >= 0.6 is 0 Å². The smallest absolute Gasteiger partial charge is 0.369 e. The summed E-state index contributed by atoms with van der Waals surface area (Å²) in [7, 11) is 1.46. The molecule has 0 radical (unpaired) electrons. The van der Waals surface area contributed by atoms with E-state index in [4.69, 9.17) is 0 Å². The van der Waals surface area contributed by atoms with Gasteiger partial charge in [0.05, 0.1) is 11.1 Å². The summed E-state index contributed by atoms with van der Waals surface area (Å²) in [6.07, 6.45) is -0.839. The minimum Gasteiger partial charge on any atom is -0.369 e. The van der Waals surface area contributed by atoms with E-state index < -0.39 is 18.5 Å². The predicted octanol–water partition coefficient (Wildman–Crippen LogP) is 3.42. The Kier molecular flexibility index (Phi) is 4.24. The normalized spacial score (nSPS) is 18.4. The number of aromatic amines is 2. The number of nitrogens with zero attached hydrogens (tertiary/aromatic N) is 3. The van der Waals surface area contributed by atoms with E-state index in [0.29, 0.717) is 13.0 Å². The van der Waals surface area contributed by atoms with Crippen molar-refractivity contribution in [3.8, 4) is 0 Å². The summed E-state index contributed by atoms with van der Waals surface area (Å²) < 4.78 is 37.7. The van der Waals surface area contributed by atoms with Crippen LogP contribution in [0.4, 0.5) is 18.9 Å². The van der Waals surface area contributed by atoms with E-state index in [1.165, 1.54) is 11.9 Å². The first-order valence-electron chi connectivity index (χ1n) is 8.84. The van der Waals surface area contributed by atoms with Crippen molar-refractivity contribution in [2.24, 2.45) is 0 Å². The Morgan fingerprint density at radius 2 is 2.22 bits per heavy atom. The van der Waals surface area contributed by atoms with E-state index >= 15 is 0 Å². The van der Waals surface area contributed by atoms with Crippen molar-refractivity contribution in [2.75, 3.05) is 25.0 Å². The Morgan fingerprint density at radius 1 is 1.41 bits per heavy atom. The molecule has 9 heteroatoms. The molecule has 0 saturated carbocycles. The summed E-state index contributed by atoms with van der Waals surface area (Å²) in [5.41, 5.74) is 2.63. The van der Waals surface area contributed by atoms with Crippen LogP contribution in [0.15, 0.2) is 24.5 Å². The fourth-order valence-electron chi connectivity index (χ4n) is 3.86. The van der Waals surface area contributed by atoms with Crippen molar-refractivity contribution in [2.45, 2.75) is 31.5 Å². The molecule has 1 saturated heterocycles. The Labute approximate surface area is 153 Å². The van der Waals surface area contributed by atoms with E-state index in [9.17, 15) is 18.0 Å². The van der Waals surface area contributed by atoms with Crippen molar-refractivity contribution in [3.05, 3.63) is 24.5 Å². The maximum Gasteiger partial charge on any atom is 0.397 e. The topological polar surface area (TPSA) is 68.0 Å². The summed E-state index contributed by atoms with van der Waals surface area (Å²) in [6.45, 7) is 1.28. The molecule has 144 valence electrons. The lowest BCUT2D eigenvalue weighted by molar-refractivity contribution is -0.162. The second-order valence-electron chi connectivity index (χ2n) is 6.98. The molecule has 0 bridgehead atoms. The van der Waals surface area contributed by atoms with Crippen LogP contribution in [-0.2, 0) is 4.79 Å². The summed E-state index contributed by atoms with van der Waals surface area (Å²) in [6, 6.07) is 3.64. The van der Waals surface area contributed by atoms with E-state index in [1.54, 1.807) is 6.20 Å². The lowest BCUT2D eigenvalue weighted by atomic mass is 10.0. The third-order valence-corrected chi connectivity index (χ3v) is 5.22. The summed E-state index contributed by atoms with van der Waals surface area (Å²) in [5.74, 6) is -0.885. The maximum absolute atomic E-state index is 12.6. The first-order valence-corrected chi connectivity index (χ1v) is 8.84. The molecule has 0 spiro atoms. The standard InChI is InChI=1S/C18H20F3N5O/c1-25(14(27)9-18(19,20)21)11-3-2-8-26(10-11)13-5-7-23-17-15(13)12-4-6-22-16(12)24-17/h4-7,11,22H,2-3,8-10H2,1H3,(H,23,24). The lowest BCUT2D eigenvalue weighted by Gasteiger charge is -2.39. The van der Waals surface area contributed by atoms with E-state index in [1.807, 2.05) is 18.3 Å². The number of nitrogens with one attached hydrogen (secondary N) is 2. The summed E-state index contributed by atoms with van der Waals surface area (Å²) >= 11 is 0. The van der Waals surface area contributed by atoms with Crippen LogP contribution in [0.25, 0.3) is 22.1 Å². The summed E-state index contributed by atoms with van der Waals surface area (Å²) in [4.78, 5) is 26.1. The number of hydrogen-bond acceptors (Lipinski definition) is 3. The van der Waals surface area contributed by atoms with E-state index in [2.05, 4.69) is 19.9 Å². The number of carbonyl (C=O) groups excluding carboxylic acids is 1.